The fourth-order valence-corrected chi connectivity index (χ4v) is 1.65. The zero-order chi connectivity index (χ0) is 10.6. The lowest BCUT2D eigenvalue weighted by atomic mass is 10.1. The fourth-order valence-electron chi connectivity index (χ4n) is 1.65. The molecule has 0 bridgehead atoms. The summed E-state index contributed by atoms with van der Waals surface area (Å²) >= 11 is 0. The number of aliphatic hydroxyl groups excluding tert-OH is 1. The van der Waals surface area contributed by atoms with Gasteiger partial charge in [0.2, 0.25) is 5.91 Å². The molecule has 4 N–H and O–H groups in total. The van der Waals surface area contributed by atoms with E-state index in [-0.39, 0.29) is 12.5 Å². The normalized spacial score (nSPS) is 24.9. The van der Waals surface area contributed by atoms with Gasteiger partial charge in [0.05, 0.1) is 6.61 Å². The van der Waals surface area contributed by atoms with E-state index in [9.17, 15) is 4.79 Å². The van der Waals surface area contributed by atoms with Gasteiger partial charge in [-0.2, -0.15) is 0 Å². The maximum atomic E-state index is 11.2. The van der Waals surface area contributed by atoms with E-state index < -0.39 is 6.04 Å². The molecule has 2 atom stereocenters. The Balaban J connectivity index is 2.17. The summed E-state index contributed by atoms with van der Waals surface area (Å²) in [5.74, 6) is 0.261. The van der Waals surface area contributed by atoms with Crippen molar-refractivity contribution in [2.45, 2.75) is 12.5 Å². The lowest BCUT2D eigenvalue weighted by Crippen LogP contribution is -2.44. The van der Waals surface area contributed by atoms with Crippen molar-refractivity contribution in [3.63, 3.8) is 0 Å². The van der Waals surface area contributed by atoms with Crippen molar-refractivity contribution >= 4 is 5.91 Å². The average molecular weight is 201 g/mol. The van der Waals surface area contributed by atoms with Crippen LogP contribution in [0.3, 0.4) is 0 Å². The lowest BCUT2D eigenvalue weighted by Gasteiger charge is -2.13. The molecule has 1 aliphatic heterocycles. The van der Waals surface area contributed by atoms with Crippen LogP contribution in [0.1, 0.15) is 6.42 Å². The van der Waals surface area contributed by atoms with E-state index >= 15 is 0 Å². The molecule has 2 unspecified atom stereocenters. The molecule has 0 radical (unpaired) electrons. The second-order valence-electron chi connectivity index (χ2n) is 3.95. The predicted molar refractivity (Wildman–Crippen MR) is 53.7 cm³/mol. The topological polar surface area (TPSA) is 78.6 Å². The molecule has 1 aliphatic rings. The molecule has 0 aromatic rings. The van der Waals surface area contributed by atoms with Crippen molar-refractivity contribution < 1.29 is 9.90 Å². The van der Waals surface area contributed by atoms with Gasteiger partial charge < -0.3 is 21.1 Å². The van der Waals surface area contributed by atoms with Gasteiger partial charge in [-0.05, 0) is 25.9 Å². The van der Waals surface area contributed by atoms with Crippen LogP contribution in [-0.4, -0.2) is 55.2 Å². The van der Waals surface area contributed by atoms with Gasteiger partial charge in [-0.1, -0.05) is 0 Å². The van der Waals surface area contributed by atoms with Crippen LogP contribution in [0.4, 0.5) is 0 Å². The maximum Gasteiger partial charge on any atom is 0.239 e. The predicted octanol–water partition coefficient (Wildman–Crippen LogP) is -1.63. The number of nitrogens with two attached hydrogens (primary N) is 1. The third-order valence-electron chi connectivity index (χ3n) is 2.59. The minimum atomic E-state index is -0.783. The van der Waals surface area contributed by atoms with E-state index in [1.54, 1.807) is 0 Å². The Morgan fingerprint density at radius 1 is 1.79 bits per heavy atom. The summed E-state index contributed by atoms with van der Waals surface area (Å²) in [5, 5.41) is 11.4. The van der Waals surface area contributed by atoms with Gasteiger partial charge in [0.25, 0.3) is 0 Å². The van der Waals surface area contributed by atoms with Crippen LogP contribution < -0.4 is 11.1 Å². The summed E-state index contributed by atoms with van der Waals surface area (Å²) < 4.78 is 0. The summed E-state index contributed by atoms with van der Waals surface area (Å²) in [4.78, 5) is 13.4. The highest BCUT2D eigenvalue weighted by atomic mass is 16.3. The molecule has 5 nitrogen and oxygen atoms in total. The summed E-state index contributed by atoms with van der Waals surface area (Å²) in [6.45, 7) is 2.48. The van der Waals surface area contributed by atoms with Gasteiger partial charge in [-0.25, -0.2) is 0 Å². The Morgan fingerprint density at radius 2 is 2.50 bits per heavy atom. The number of carbonyl (C=O) groups is 1. The van der Waals surface area contributed by atoms with Crippen molar-refractivity contribution in [2.24, 2.45) is 11.7 Å². The molecule has 1 heterocycles. The Bertz CT molecular complexity index is 198. The number of hydrogen-bond donors (Lipinski definition) is 3. The molecular formula is C9H19N3O2. The number of hydrogen-bond acceptors (Lipinski definition) is 4. The Hall–Kier alpha value is -0.650. The molecule has 1 fully saturated rings. The standard InChI is InChI=1S/C9H19N3O2/c1-12-3-2-7(5-12)4-11-9(14)8(10)6-13/h7-8,13H,2-6,10H2,1H3,(H,11,14). The number of rotatable bonds is 4. The third-order valence-corrected chi connectivity index (χ3v) is 2.59. The van der Waals surface area contributed by atoms with E-state index in [0.717, 1.165) is 19.5 Å². The molecule has 5 heteroatoms. The lowest BCUT2D eigenvalue weighted by molar-refractivity contribution is -0.123. The molecule has 0 aromatic heterocycles. The molecule has 0 spiro atoms. The van der Waals surface area contributed by atoms with E-state index in [1.807, 2.05) is 0 Å². The zero-order valence-electron chi connectivity index (χ0n) is 8.57. The maximum absolute atomic E-state index is 11.2. The zero-order valence-corrected chi connectivity index (χ0v) is 8.57. The van der Waals surface area contributed by atoms with Crippen LogP contribution in [-0.2, 0) is 4.79 Å². The van der Waals surface area contributed by atoms with Gasteiger partial charge in [-0.3, -0.25) is 4.79 Å². The molecule has 0 aliphatic carbocycles. The number of likely N-dealkylation sites (tertiary alicyclic amines) is 1. The number of carbonyl (C=O) groups excluding carboxylic acids is 1. The fraction of sp³-hybridized carbons (Fsp3) is 0.889. The number of aliphatic hydroxyl groups is 1. The van der Waals surface area contributed by atoms with E-state index in [1.165, 1.54) is 0 Å². The van der Waals surface area contributed by atoms with Crippen molar-refractivity contribution in [3.8, 4) is 0 Å². The van der Waals surface area contributed by atoms with Crippen molar-refractivity contribution in [2.75, 3.05) is 33.3 Å². The van der Waals surface area contributed by atoms with Crippen LogP contribution in [0.5, 0.6) is 0 Å². The van der Waals surface area contributed by atoms with Crippen LogP contribution >= 0.6 is 0 Å². The second kappa shape index (κ2) is 5.29. The highest BCUT2D eigenvalue weighted by Gasteiger charge is 2.20. The van der Waals surface area contributed by atoms with E-state index in [0.29, 0.717) is 12.5 Å². The van der Waals surface area contributed by atoms with Crippen molar-refractivity contribution in [3.05, 3.63) is 0 Å². The summed E-state index contributed by atoms with van der Waals surface area (Å²) in [5.41, 5.74) is 5.36. The second-order valence-corrected chi connectivity index (χ2v) is 3.95. The van der Waals surface area contributed by atoms with E-state index in [4.69, 9.17) is 10.8 Å². The smallest absolute Gasteiger partial charge is 0.239 e. The first-order valence-corrected chi connectivity index (χ1v) is 4.96. The third kappa shape index (κ3) is 3.25. The van der Waals surface area contributed by atoms with E-state index in [2.05, 4.69) is 17.3 Å². The van der Waals surface area contributed by atoms with Crippen molar-refractivity contribution in [1.82, 2.24) is 10.2 Å². The Labute approximate surface area is 84.3 Å². The Morgan fingerprint density at radius 3 is 3.00 bits per heavy atom. The monoisotopic (exact) mass is 201 g/mol. The van der Waals surface area contributed by atoms with Gasteiger partial charge in [0, 0.05) is 13.1 Å². The van der Waals surface area contributed by atoms with Crippen LogP contribution in [0.2, 0.25) is 0 Å². The molecule has 82 valence electrons. The number of amides is 1. The average Bonchev–Trinajstić information content (AvgIpc) is 2.59. The highest BCUT2D eigenvalue weighted by Crippen LogP contribution is 2.12. The molecule has 1 saturated heterocycles. The molecule has 1 amide bonds. The molecule has 14 heavy (non-hydrogen) atoms. The van der Waals surface area contributed by atoms with Gasteiger partial charge >= 0.3 is 0 Å². The first kappa shape index (κ1) is 11.4. The van der Waals surface area contributed by atoms with Crippen LogP contribution in [0.15, 0.2) is 0 Å². The number of nitrogens with one attached hydrogen (secondary N) is 1. The number of nitrogens with zero attached hydrogens (tertiary/aromatic N) is 1. The molecule has 0 saturated carbocycles. The van der Waals surface area contributed by atoms with Gasteiger partial charge in [-0.15, -0.1) is 0 Å². The summed E-state index contributed by atoms with van der Waals surface area (Å²) in [6, 6.07) is -0.783. The van der Waals surface area contributed by atoms with Crippen molar-refractivity contribution in [1.29, 1.82) is 0 Å². The molecule has 1 rings (SSSR count). The SMILES string of the molecule is CN1CCC(CNC(=O)C(N)CO)C1. The van der Waals surface area contributed by atoms with Crippen LogP contribution in [0, 0.1) is 5.92 Å². The Kier molecular flexibility index (Phi) is 4.31. The molecular weight excluding hydrogens is 182 g/mol. The summed E-state index contributed by atoms with van der Waals surface area (Å²) in [7, 11) is 2.07. The van der Waals surface area contributed by atoms with Gasteiger partial charge in [0.1, 0.15) is 6.04 Å². The minimum Gasteiger partial charge on any atom is -0.394 e. The van der Waals surface area contributed by atoms with Gasteiger partial charge in [0.15, 0.2) is 0 Å². The minimum absolute atomic E-state index is 0.262. The summed E-state index contributed by atoms with van der Waals surface area (Å²) in [6.07, 6.45) is 1.12. The highest BCUT2D eigenvalue weighted by molar-refractivity contribution is 5.81. The largest absolute Gasteiger partial charge is 0.394 e. The van der Waals surface area contributed by atoms with Crippen LogP contribution in [0.25, 0.3) is 0 Å². The first-order chi connectivity index (χ1) is 6.63. The first-order valence-electron chi connectivity index (χ1n) is 4.96. The molecule has 0 aromatic carbocycles. The quantitative estimate of drug-likeness (QED) is 0.510.